The van der Waals surface area contributed by atoms with E-state index in [9.17, 15) is 4.79 Å². The van der Waals surface area contributed by atoms with Crippen molar-refractivity contribution in [2.24, 2.45) is 5.92 Å². The molecule has 1 aromatic heterocycles. The summed E-state index contributed by atoms with van der Waals surface area (Å²) in [6.07, 6.45) is 10.3. The number of aryl methyl sites for hydroxylation is 1. The number of para-hydroxylation sites is 2. The molecule has 0 spiro atoms. The van der Waals surface area contributed by atoms with Gasteiger partial charge in [-0.1, -0.05) is 61.0 Å². The molecule has 2 aliphatic rings. The Labute approximate surface area is 274 Å². The van der Waals surface area contributed by atoms with E-state index in [0.29, 0.717) is 19.6 Å². The van der Waals surface area contributed by atoms with E-state index in [1.54, 1.807) is 0 Å². The summed E-state index contributed by atoms with van der Waals surface area (Å²) in [6, 6.07) is 26.0. The summed E-state index contributed by atoms with van der Waals surface area (Å²) in [5, 5.41) is 0. The second-order valence-electron chi connectivity index (χ2n) is 13.0. The maximum absolute atomic E-state index is 12.5. The fraction of sp³-hybridized carbons (Fsp3) is 0.487. The Hall–Kier alpha value is -3.68. The van der Waals surface area contributed by atoms with Crippen molar-refractivity contribution < 1.29 is 14.3 Å². The summed E-state index contributed by atoms with van der Waals surface area (Å²) in [6.45, 7) is 8.60. The normalized spacial score (nSPS) is 16.5. The van der Waals surface area contributed by atoms with Gasteiger partial charge < -0.3 is 23.8 Å². The lowest BCUT2D eigenvalue weighted by Crippen LogP contribution is -2.35. The van der Waals surface area contributed by atoms with Gasteiger partial charge in [0.1, 0.15) is 29.4 Å². The fourth-order valence-corrected chi connectivity index (χ4v) is 7.03. The van der Waals surface area contributed by atoms with Crippen molar-refractivity contribution >= 4 is 16.8 Å². The predicted octanol–water partition coefficient (Wildman–Crippen LogP) is 7.64. The van der Waals surface area contributed by atoms with E-state index in [2.05, 4.69) is 32.6 Å². The number of piperidine rings is 2. The number of imidazole rings is 1. The number of likely N-dealkylation sites (tertiary alicyclic amines) is 2. The van der Waals surface area contributed by atoms with Crippen molar-refractivity contribution in [1.29, 1.82) is 0 Å². The van der Waals surface area contributed by atoms with Crippen LogP contribution in [-0.4, -0.2) is 71.0 Å². The Morgan fingerprint density at radius 3 is 2.26 bits per heavy atom. The average Bonchev–Trinajstić information content (AvgIpc) is 3.48. The monoisotopic (exact) mass is 622 g/mol. The quantitative estimate of drug-likeness (QED) is 0.0946. The van der Waals surface area contributed by atoms with E-state index in [4.69, 9.17) is 14.5 Å². The second-order valence-corrected chi connectivity index (χ2v) is 13.0. The maximum Gasteiger partial charge on any atom is 0.164 e. The minimum Gasteiger partial charge on any atom is -0.491 e. The lowest BCUT2D eigenvalue weighted by molar-refractivity contribution is 0.0949. The molecule has 0 saturated carbocycles. The molecule has 0 radical (unpaired) electrons. The molecular formula is C39H50N4O3. The molecule has 3 heterocycles. The highest BCUT2D eigenvalue weighted by Crippen LogP contribution is 2.29. The summed E-state index contributed by atoms with van der Waals surface area (Å²) in [5.74, 6) is 3.63. The van der Waals surface area contributed by atoms with Gasteiger partial charge in [0.25, 0.3) is 0 Å². The minimum atomic E-state index is 0.244. The van der Waals surface area contributed by atoms with Crippen molar-refractivity contribution in [3.63, 3.8) is 0 Å². The van der Waals surface area contributed by atoms with E-state index in [1.807, 2.05) is 60.7 Å². The zero-order valence-electron chi connectivity index (χ0n) is 27.3. The number of hydrogen-bond acceptors (Lipinski definition) is 6. The minimum absolute atomic E-state index is 0.244. The van der Waals surface area contributed by atoms with E-state index in [-0.39, 0.29) is 5.78 Å². The van der Waals surface area contributed by atoms with E-state index in [1.165, 1.54) is 51.6 Å². The first-order valence-electron chi connectivity index (χ1n) is 17.5. The number of rotatable bonds is 16. The number of carbonyl (C=O) groups is 1. The molecule has 0 atom stereocenters. The Bertz CT molecular complexity index is 1490. The summed E-state index contributed by atoms with van der Waals surface area (Å²) in [5.41, 5.74) is 2.88. The first-order valence-corrected chi connectivity index (χ1v) is 17.5. The standard InChI is InChI=1S/C39H50N4O3/c44-36(33-14-4-1-5-15-33)22-29-42-27-20-32(21-28-42)13-11-26-43-35-18-10-19-37(45-30-12-25-41-23-8-3-9-24-41)39(35)40-38(43)31-46-34-16-6-2-7-17-34/h1-2,4-7,10,14-19,32H,3,8-9,11-13,20-31H2. The zero-order valence-corrected chi connectivity index (χ0v) is 27.3. The molecule has 7 heteroatoms. The Balaban J connectivity index is 1.03. The number of ether oxygens (including phenoxy) is 2. The molecule has 0 amide bonds. The number of benzene rings is 3. The molecule has 6 rings (SSSR count). The first kappa shape index (κ1) is 32.3. The zero-order chi connectivity index (χ0) is 31.4. The van der Waals surface area contributed by atoms with Crippen LogP contribution in [0.2, 0.25) is 0 Å². The van der Waals surface area contributed by atoms with Crippen molar-refractivity contribution in [2.75, 3.05) is 45.9 Å². The number of fused-ring (bicyclic) bond motifs is 1. The van der Waals surface area contributed by atoms with Gasteiger partial charge >= 0.3 is 0 Å². The molecule has 7 nitrogen and oxygen atoms in total. The molecule has 4 aromatic rings. The van der Waals surface area contributed by atoms with Gasteiger partial charge in [-0.3, -0.25) is 4.79 Å². The molecule has 2 saturated heterocycles. The Morgan fingerprint density at radius 1 is 0.739 bits per heavy atom. The molecule has 0 bridgehead atoms. The van der Waals surface area contributed by atoms with E-state index < -0.39 is 0 Å². The topological polar surface area (TPSA) is 59.8 Å². The van der Waals surface area contributed by atoms with E-state index >= 15 is 0 Å². The number of hydrogen-bond donors (Lipinski definition) is 0. The largest absolute Gasteiger partial charge is 0.491 e. The van der Waals surface area contributed by atoms with Gasteiger partial charge in [-0.05, 0) is 101 Å². The lowest BCUT2D eigenvalue weighted by Gasteiger charge is -2.31. The predicted molar refractivity (Wildman–Crippen MR) is 185 cm³/mol. The summed E-state index contributed by atoms with van der Waals surface area (Å²) < 4.78 is 14.9. The maximum atomic E-state index is 12.5. The summed E-state index contributed by atoms with van der Waals surface area (Å²) in [7, 11) is 0. The van der Waals surface area contributed by atoms with Crippen LogP contribution in [0.15, 0.2) is 78.9 Å². The molecular weight excluding hydrogens is 572 g/mol. The first-order chi connectivity index (χ1) is 22.7. The van der Waals surface area contributed by atoms with Crippen LogP contribution >= 0.6 is 0 Å². The fourth-order valence-electron chi connectivity index (χ4n) is 7.03. The third-order valence-corrected chi connectivity index (χ3v) is 9.71. The highest BCUT2D eigenvalue weighted by molar-refractivity contribution is 5.96. The van der Waals surface area contributed by atoms with Crippen LogP contribution in [0.4, 0.5) is 0 Å². The number of aromatic nitrogens is 2. The van der Waals surface area contributed by atoms with Crippen LogP contribution in [0.25, 0.3) is 11.0 Å². The number of nitrogens with zero attached hydrogens (tertiary/aromatic N) is 4. The van der Waals surface area contributed by atoms with Gasteiger partial charge in [-0.25, -0.2) is 4.98 Å². The van der Waals surface area contributed by atoms with Gasteiger partial charge in [-0.15, -0.1) is 0 Å². The highest BCUT2D eigenvalue weighted by atomic mass is 16.5. The van der Waals surface area contributed by atoms with Crippen LogP contribution in [0.5, 0.6) is 11.5 Å². The summed E-state index contributed by atoms with van der Waals surface area (Å²) >= 11 is 0. The lowest BCUT2D eigenvalue weighted by atomic mass is 9.92. The molecule has 2 aliphatic heterocycles. The number of carbonyl (C=O) groups excluding carboxylic acids is 1. The van der Waals surface area contributed by atoms with Crippen LogP contribution in [0.1, 0.15) is 74.0 Å². The van der Waals surface area contributed by atoms with Gasteiger partial charge in [0.15, 0.2) is 5.78 Å². The van der Waals surface area contributed by atoms with Gasteiger partial charge in [0.2, 0.25) is 0 Å². The third kappa shape index (κ3) is 8.98. The number of Topliss-reactive ketones (excluding diaryl/α,β-unsaturated/α-hetero) is 1. The van der Waals surface area contributed by atoms with Crippen molar-refractivity contribution in [2.45, 2.75) is 70.9 Å². The molecule has 0 N–H and O–H groups in total. The Kier molecular flexibility index (Phi) is 11.8. The van der Waals surface area contributed by atoms with Crippen molar-refractivity contribution in [3.05, 3.63) is 90.3 Å². The molecule has 46 heavy (non-hydrogen) atoms. The van der Waals surface area contributed by atoms with E-state index in [0.717, 1.165) is 85.4 Å². The SMILES string of the molecule is O=C(CCN1CCC(CCCn2c(COc3ccccc3)nc3c(OCCCN4CCCCC4)cccc32)CC1)c1ccccc1. The number of ketones is 1. The smallest absolute Gasteiger partial charge is 0.164 e. The van der Waals surface area contributed by atoms with Crippen LogP contribution in [0, 0.1) is 5.92 Å². The van der Waals surface area contributed by atoms with Crippen LogP contribution < -0.4 is 9.47 Å². The van der Waals surface area contributed by atoms with Crippen LogP contribution in [-0.2, 0) is 13.2 Å². The van der Waals surface area contributed by atoms with Gasteiger partial charge in [-0.2, -0.15) is 0 Å². The summed E-state index contributed by atoms with van der Waals surface area (Å²) in [4.78, 5) is 22.7. The van der Waals surface area contributed by atoms with Gasteiger partial charge in [0.05, 0.1) is 12.1 Å². The second kappa shape index (κ2) is 16.8. The third-order valence-electron chi connectivity index (χ3n) is 9.71. The molecule has 2 fully saturated rings. The van der Waals surface area contributed by atoms with Crippen LogP contribution in [0.3, 0.4) is 0 Å². The Morgan fingerprint density at radius 2 is 1.48 bits per heavy atom. The molecule has 244 valence electrons. The molecule has 3 aromatic carbocycles. The molecule has 0 aliphatic carbocycles. The average molecular weight is 623 g/mol. The van der Waals surface area contributed by atoms with Crippen molar-refractivity contribution in [3.8, 4) is 11.5 Å². The highest BCUT2D eigenvalue weighted by Gasteiger charge is 2.21. The molecule has 0 unspecified atom stereocenters. The van der Waals surface area contributed by atoms with Gasteiger partial charge in [0, 0.05) is 31.6 Å². The van der Waals surface area contributed by atoms with Crippen molar-refractivity contribution in [1.82, 2.24) is 19.4 Å².